The van der Waals surface area contributed by atoms with E-state index in [0.717, 1.165) is 11.1 Å². The molecule has 0 saturated heterocycles. The maximum absolute atomic E-state index is 13.8. The number of carbonyl (C=O) groups is 1. The van der Waals surface area contributed by atoms with Crippen LogP contribution in [0.4, 0.5) is 11.6 Å². The zero-order valence-corrected chi connectivity index (χ0v) is 22.9. The molecule has 1 aromatic heterocycles. The third kappa shape index (κ3) is 5.36. The van der Waals surface area contributed by atoms with E-state index in [1.165, 1.54) is 20.5 Å². The van der Waals surface area contributed by atoms with E-state index < -0.39 is 6.04 Å². The van der Waals surface area contributed by atoms with Gasteiger partial charge in [-0.2, -0.15) is 10.1 Å². The summed E-state index contributed by atoms with van der Waals surface area (Å²) in [4.78, 5) is 18.1. The number of allylic oxidation sites excluding steroid dienone is 1. The van der Waals surface area contributed by atoms with Gasteiger partial charge in [0.1, 0.15) is 36.2 Å². The van der Waals surface area contributed by atoms with Gasteiger partial charge < -0.3 is 24.8 Å². The fourth-order valence-electron chi connectivity index (χ4n) is 4.36. The Morgan fingerprint density at radius 1 is 1.03 bits per heavy atom. The number of fused-ring (bicyclic) bond motifs is 1. The Morgan fingerprint density at radius 2 is 1.77 bits per heavy atom. The van der Waals surface area contributed by atoms with Crippen molar-refractivity contribution >= 4 is 40.7 Å². The Kier molecular flexibility index (Phi) is 7.63. The van der Waals surface area contributed by atoms with Crippen LogP contribution in [-0.2, 0) is 11.4 Å². The first-order chi connectivity index (χ1) is 18.9. The number of ether oxygens (including phenoxy) is 3. The summed E-state index contributed by atoms with van der Waals surface area (Å²) < 4.78 is 18.4. The van der Waals surface area contributed by atoms with Crippen LogP contribution in [0.25, 0.3) is 0 Å². The quantitative estimate of drug-likeness (QED) is 0.266. The standard InChI is InChI=1S/C28H25Cl2N5O4/c1-16-25(27(36)34-22-13-23(37-2)21(30)12-24(22)38-3)26(35-28(33-16)31-15-32-35)17-8-10-19(11-9-17)39-14-18-6-4-5-7-20(18)29/h4-13,15,26H,14H2,1-3H3,(H,34,36)(H,31,32,33)/t26-/m1/s1. The molecule has 0 fully saturated rings. The molecule has 11 heteroatoms. The van der Waals surface area contributed by atoms with Crippen LogP contribution >= 0.6 is 23.2 Å². The lowest BCUT2D eigenvalue weighted by molar-refractivity contribution is -0.113. The highest BCUT2D eigenvalue weighted by Crippen LogP contribution is 2.39. The normalized spacial score (nSPS) is 14.3. The van der Waals surface area contributed by atoms with E-state index in [2.05, 4.69) is 20.7 Å². The van der Waals surface area contributed by atoms with Gasteiger partial charge in [0.05, 0.1) is 30.5 Å². The van der Waals surface area contributed by atoms with E-state index in [0.29, 0.717) is 56.8 Å². The van der Waals surface area contributed by atoms with Gasteiger partial charge in [0.2, 0.25) is 5.95 Å². The van der Waals surface area contributed by atoms with Gasteiger partial charge >= 0.3 is 0 Å². The number of carbonyl (C=O) groups excluding carboxylic acids is 1. The van der Waals surface area contributed by atoms with Crippen LogP contribution in [0.15, 0.2) is 78.3 Å². The topological polar surface area (TPSA) is 99.5 Å². The fourth-order valence-corrected chi connectivity index (χ4v) is 4.78. The summed E-state index contributed by atoms with van der Waals surface area (Å²) in [5, 5.41) is 11.5. The average molecular weight is 566 g/mol. The lowest BCUT2D eigenvalue weighted by atomic mass is 9.95. The van der Waals surface area contributed by atoms with Crippen LogP contribution in [0.1, 0.15) is 24.1 Å². The number of nitrogens with one attached hydrogen (secondary N) is 2. The molecule has 2 N–H and O–H groups in total. The number of benzene rings is 3. The van der Waals surface area contributed by atoms with Crippen molar-refractivity contribution in [2.45, 2.75) is 19.6 Å². The van der Waals surface area contributed by atoms with Gasteiger partial charge in [-0.1, -0.05) is 53.5 Å². The van der Waals surface area contributed by atoms with E-state index >= 15 is 0 Å². The molecule has 0 saturated carbocycles. The van der Waals surface area contributed by atoms with Crippen LogP contribution in [0.5, 0.6) is 17.2 Å². The summed E-state index contributed by atoms with van der Waals surface area (Å²) in [7, 11) is 3.00. The van der Waals surface area contributed by atoms with E-state index in [1.807, 2.05) is 55.5 Å². The molecule has 0 radical (unpaired) electrons. The molecule has 1 aliphatic rings. The minimum atomic E-state index is -0.554. The second kappa shape index (κ2) is 11.3. The third-order valence-corrected chi connectivity index (χ3v) is 6.97. The van der Waals surface area contributed by atoms with Gasteiger partial charge in [-0.3, -0.25) is 4.79 Å². The minimum absolute atomic E-state index is 0.332. The van der Waals surface area contributed by atoms with Gasteiger partial charge in [-0.15, -0.1) is 0 Å². The SMILES string of the molecule is COc1cc(NC(=O)C2=C(C)Nc3ncnn3[C@@H]2c2ccc(OCc3ccccc3Cl)cc2)c(OC)cc1Cl. The molecule has 0 bridgehead atoms. The predicted molar refractivity (Wildman–Crippen MR) is 150 cm³/mol. The van der Waals surface area contributed by atoms with E-state index in [9.17, 15) is 4.79 Å². The highest BCUT2D eigenvalue weighted by atomic mass is 35.5. The second-order valence-corrected chi connectivity index (χ2v) is 9.50. The Hall–Kier alpha value is -4.21. The number of nitrogens with zero attached hydrogens (tertiary/aromatic N) is 3. The summed E-state index contributed by atoms with van der Waals surface area (Å²) in [5.74, 6) is 1.64. The predicted octanol–water partition coefficient (Wildman–Crippen LogP) is 6.11. The summed E-state index contributed by atoms with van der Waals surface area (Å²) in [6.07, 6.45) is 1.44. The summed E-state index contributed by atoms with van der Waals surface area (Å²) >= 11 is 12.5. The molecule has 1 atom stereocenters. The first-order valence-electron chi connectivity index (χ1n) is 12.0. The molecule has 1 amide bonds. The zero-order chi connectivity index (χ0) is 27.5. The highest BCUT2D eigenvalue weighted by molar-refractivity contribution is 6.32. The van der Waals surface area contributed by atoms with Gasteiger partial charge in [0.25, 0.3) is 5.91 Å². The van der Waals surface area contributed by atoms with Gasteiger partial charge in [0.15, 0.2) is 0 Å². The average Bonchev–Trinajstić information content (AvgIpc) is 3.41. The van der Waals surface area contributed by atoms with E-state index in [1.54, 1.807) is 16.8 Å². The molecule has 4 aromatic rings. The Labute approximate surface area is 235 Å². The van der Waals surface area contributed by atoms with Crippen molar-refractivity contribution in [3.05, 3.63) is 99.4 Å². The monoisotopic (exact) mass is 565 g/mol. The molecule has 9 nitrogen and oxygen atoms in total. The van der Waals surface area contributed by atoms with Gasteiger partial charge in [-0.05, 0) is 30.7 Å². The number of rotatable bonds is 8. The largest absolute Gasteiger partial charge is 0.495 e. The Morgan fingerprint density at radius 3 is 2.49 bits per heavy atom. The number of hydrogen-bond acceptors (Lipinski definition) is 7. The Bertz CT molecular complexity index is 1550. The molecule has 3 aromatic carbocycles. The third-order valence-electron chi connectivity index (χ3n) is 6.31. The smallest absolute Gasteiger partial charge is 0.255 e. The Balaban J connectivity index is 1.44. The van der Waals surface area contributed by atoms with Crippen molar-refractivity contribution in [2.24, 2.45) is 0 Å². The lowest BCUT2D eigenvalue weighted by Crippen LogP contribution is -2.31. The molecule has 2 heterocycles. The number of halogens is 2. The number of methoxy groups -OCH3 is 2. The second-order valence-electron chi connectivity index (χ2n) is 8.68. The number of anilines is 2. The molecular weight excluding hydrogens is 541 g/mol. The zero-order valence-electron chi connectivity index (χ0n) is 21.4. The fraction of sp³-hybridized carbons (Fsp3) is 0.179. The minimum Gasteiger partial charge on any atom is -0.495 e. The van der Waals surface area contributed by atoms with Crippen molar-refractivity contribution in [3.8, 4) is 17.2 Å². The summed E-state index contributed by atoms with van der Waals surface area (Å²) in [5.41, 5.74) is 3.21. The van der Waals surface area contributed by atoms with Crippen LogP contribution < -0.4 is 24.8 Å². The molecule has 39 heavy (non-hydrogen) atoms. The number of hydrogen-bond donors (Lipinski definition) is 2. The van der Waals surface area contributed by atoms with Crippen molar-refractivity contribution in [2.75, 3.05) is 24.9 Å². The highest BCUT2D eigenvalue weighted by Gasteiger charge is 2.34. The number of amides is 1. The molecule has 0 aliphatic carbocycles. The van der Waals surface area contributed by atoms with Gasteiger partial charge in [0, 0.05) is 28.4 Å². The van der Waals surface area contributed by atoms with E-state index in [4.69, 9.17) is 37.4 Å². The summed E-state index contributed by atoms with van der Waals surface area (Å²) in [6.45, 7) is 2.15. The van der Waals surface area contributed by atoms with Crippen molar-refractivity contribution < 1.29 is 19.0 Å². The number of aromatic nitrogens is 3. The maximum Gasteiger partial charge on any atom is 0.255 e. The van der Waals surface area contributed by atoms with Gasteiger partial charge in [-0.25, -0.2) is 4.68 Å². The van der Waals surface area contributed by atoms with Crippen LogP contribution in [0.3, 0.4) is 0 Å². The molecule has 5 rings (SSSR count). The van der Waals surface area contributed by atoms with Crippen molar-refractivity contribution in [1.29, 1.82) is 0 Å². The molecule has 200 valence electrons. The molecular formula is C28H25Cl2N5O4. The first kappa shape index (κ1) is 26.4. The molecule has 1 aliphatic heterocycles. The summed E-state index contributed by atoms with van der Waals surface area (Å²) in [6, 6.07) is 17.7. The maximum atomic E-state index is 13.8. The lowest BCUT2D eigenvalue weighted by Gasteiger charge is -2.29. The van der Waals surface area contributed by atoms with Crippen LogP contribution in [-0.4, -0.2) is 34.9 Å². The van der Waals surface area contributed by atoms with Crippen LogP contribution in [0, 0.1) is 0 Å². The van der Waals surface area contributed by atoms with E-state index in [-0.39, 0.29) is 5.91 Å². The molecule has 0 unspecified atom stereocenters. The van der Waals surface area contributed by atoms with Crippen molar-refractivity contribution in [1.82, 2.24) is 14.8 Å². The van der Waals surface area contributed by atoms with Crippen LogP contribution in [0.2, 0.25) is 10.0 Å². The van der Waals surface area contributed by atoms with Crippen molar-refractivity contribution in [3.63, 3.8) is 0 Å². The molecule has 0 spiro atoms. The first-order valence-corrected chi connectivity index (χ1v) is 12.7.